The Morgan fingerprint density at radius 2 is 1.83 bits per heavy atom. The Labute approximate surface area is 179 Å². The van der Waals surface area contributed by atoms with Gasteiger partial charge in [0.25, 0.3) is 5.91 Å². The summed E-state index contributed by atoms with van der Waals surface area (Å²) in [4.78, 5) is 13.4. The normalized spacial score (nSPS) is 10.8. The van der Waals surface area contributed by atoms with E-state index < -0.39 is 0 Å². The van der Waals surface area contributed by atoms with Crippen molar-refractivity contribution >= 4 is 23.2 Å². The van der Waals surface area contributed by atoms with Gasteiger partial charge in [-0.05, 0) is 61.9 Å². The maximum atomic E-state index is 13.4. The quantitative estimate of drug-likeness (QED) is 0.483. The summed E-state index contributed by atoms with van der Waals surface area (Å²) in [7, 11) is 1.55. The molecule has 1 N–H and O–H groups in total. The molecule has 0 saturated heterocycles. The fourth-order valence-electron chi connectivity index (χ4n) is 3.40. The molecule has 4 rings (SSSR count). The van der Waals surface area contributed by atoms with Crippen LogP contribution >= 0.6 is 11.6 Å². The van der Waals surface area contributed by atoms with Gasteiger partial charge in [0.2, 0.25) is 0 Å². The van der Waals surface area contributed by atoms with Gasteiger partial charge in [0.1, 0.15) is 11.3 Å². The van der Waals surface area contributed by atoms with E-state index in [9.17, 15) is 4.79 Å². The van der Waals surface area contributed by atoms with E-state index in [1.165, 1.54) is 0 Å². The van der Waals surface area contributed by atoms with E-state index in [0.29, 0.717) is 33.5 Å². The average Bonchev–Trinajstić information content (AvgIpc) is 3.35. The lowest BCUT2D eigenvalue weighted by atomic mass is 10.2. The number of anilines is 1. The van der Waals surface area contributed by atoms with Crippen molar-refractivity contribution in [2.75, 3.05) is 12.4 Å². The maximum Gasteiger partial charge on any atom is 0.261 e. The molecule has 30 heavy (non-hydrogen) atoms. The van der Waals surface area contributed by atoms with Crippen molar-refractivity contribution in [2.45, 2.75) is 13.8 Å². The van der Waals surface area contributed by atoms with E-state index in [-0.39, 0.29) is 5.91 Å². The number of nitrogens with zero attached hydrogens (tertiary/aromatic N) is 3. The molecule has 0 aliphatic heterocycles. The van der Waals surface area contributed by atoms with Crippen molar-refractivity contribution in [1.82, 2.24) is 14.3 Å². The number of aryl methyl sites for hydroxylation is 2. The van der Waals surface area contributed by atoms with Crippen LogP contribution in [0.25, 0.3) is 11.5 Å². The molecule has 0 atom stereocenters. The number of rotatable bonds is 5. The van der Waals surface area contributed by atoms with Gasteiger partial charge in [-0.1, -0.05) is 23.7 Å². The van der Waals surface area contributed by atoms with E-state index in [1.54, 1.807) is 30.0 Å². The van der Waals surface area contributed by atoms with Gasteiger partial charge in [0.15, 0.2) is 5.82 Å². The van der Waals surface area contributed by atoms with Crippen LogP contribution in [0, 0.1) is 13.8 Å². The van der Waals surface area contributed by atoms with Crippen LogP contribution in [0.15, 0.2) is 67.0 Å². The standard InChI is InChI=1S/C23H21ClN4O2/c1-15-7-6-8-18(13-15)28-23(27-11-4-5-12-27)21(16(2)26-28)22(29)25-19-14-17(24)9-10-20(19)30-3/h4-14H,1-3H3,(H,25,29). The van der Waals surface area contributed by atoms with E-state index in [0.717, 1.165) is 11.3 Å². The zero-order valence-corrected chi connectivity index (χ0v) is 17.6. The average molecular weight is 421 g/mol. The molecule has 7 heteroatoms. The van der Waals surface area contributed by atoms with Gasteiger partial charge in [0.05, 0.1) is 24.2 Å². The van der Waals surface area contributed by atoms with Crippen LogP contribution in [0.3, 0.4) is 0 Å². The minimum atomic E-state index is -0.296. The predicted octanol–water partition coefficient (Wildman–Crippen LogP) is 5.19. The van der Waals surface area contributed by atoms with Gasteiger partial charge in [0, 0.05) is 17.4 Å². The molecule has 2 aromatic carbocycles. The van der Waals surface area contributed by atoms with Crippen LogP contribution in [0.2, 0.25) is 5.02 Å². The van der Waals surface area contributed by atoms with Gasteiger partial charge in [-0.25, -0.2) is 4.68 Å². The second kappa shape index (κ2) is 8.08. The molecule has 0 fully saturated rings. The summed E-state index contributed by atoms with van der Waals surface area (Å²) >= 11 is 6.12. The Morgan fingerprint density at radius 1 is 1.07 bits per heavy atom. The Balaban J connectivity index is 1.84. The molecule has 0 saturated carbocycles. The smallest absolute Gasteiger partial charge is 0.261 e. The Bertz CT molecular complexity index is 1210. The Kier molecular flexibility index (Phi) is 5.33. The predicted molar refractivity (Wildman–Crippen MR) is 118 cm³/mol. The molecule has 0 aliphatic rings. The number of methoxy groups -OCH3 is 1. The van der Waals surface area contributed by atoms with Crippen molar-refractivity contribution in [1.29, 1.82) is 0 Å². The SMILES string of the molecule is COc1ccc(Cl)cc1NC(=O)c1c(C)nn(-c2cccc(C)c2)c1-n1cccc1. The first-order chi connectivity index (χ1) is 14.5. The second-order valence-electron chi connectivity index (χ2n) is 6.92. The fraction of sp³-hybridized carbons (Fsp3) is 0.130. The van der Waals surface area contributed by atoms with Gasteiger partial charge >= 0.3 is 0 Å². The molecule has 6 nitrogen and oxygen atoms in total. The zero-order chi connectivity index (χ0) is 21.3. The van der Waals surface area contributed by atoms with Gasteiger partial charge in [-0.3, -0.25) is 4.79 Å². The van der Waals surface area contributed by atoms with Crippen LogP contribution in [0.4, 0.5) is 5.69 Å². The number of halogens is 1. The van der Waals surface area contributed by atoms with Crippen LogP contribution in [0.5, 0.6) is 5.75 Å². The van der Waals surface area contributed by atoms with Crippen molar-refractivity contribution in [3.63, 3.8) is 0 Å². The lowest BCUT2D eigenvalue weighted by molar-refractivity contribution is 0.102. The van der Waals surface area contributed by atoms with Crippen LogP contribution in [-0.2, 0) is 0 Å². The molecule has 2 aromatic heterocycles. The second-order valence-corrected chi connectivity index (χ2v) is 7.36. The molecule has 0 bridgehead atoms. The van der Waals surface area contributed by atoms with E-state index in [2.05, 4.69) is 10.4 Å². The number of amides is 1. The van der Waals surface area contributed by atoms with Crippen molar-refractivity contribution in [3.05, 3.63) is 88.8 Å². The van der Waals surface area contributed by atoms with Crippen molar-refractivity contribution < 1.29 is 9.53 Å². The van der Waals surface area contributed by atoms with Crippen molar-refractivity contribution in [2.24, 2.45) is 0 Å². The van der Waals surface area contributed by atoms with Gasteiger partial charge < -0.3 is 14.6 Å². The molecule has 0 aliphatic carbocycles. The maximum absolute atomic E-state index is 13.4. The van der Waals surface area contributed by atoms with Crippen LogP contribution in [-0.4, -0.2) is 27.4 Å². The molecule has 0 unspecified atom stereocenters. The number of ether oxygens (including phenoxy) is 1. The number of carbonyl (C=O) groups excluding carboxylic acids is 1. The van der Waals surface area contributed by atoms with Gasteiger partial charge in [-0.2, -0.15) is 5.10 Å². The highest BCUT2D eigenvalue weighted by Crippen LogP contribution is 2.30. The summed E-state index contributed by atoms with van der Waals surface area (Å²) in [6.07, 6.45) is 3.78. The topological polar surface area (TPSA) is 61.1 Å². The highest BCUT2D eigenvalue weighted by Gasteiger charge is 2.24. The number of hydrogen-bond acceptors (Lipinski definition) is 3. The molecule has 0 spiro atoms. The van der Waals surface area contributed by atoms with Crippen LogP contribution in [0.1, 0.15) is 21.6 Å². The fourth-order valence-corrected chi connectivity index (χ4v) is 3.57. The van der Waals surface area contributed by atoms with E-state index in [1.807, 2.05) is 67.2 Å². The number of benzene rings is 2. The third-order valence-electron chi connectivity index (χ3n) is 4.77. The van der Waals surface area contributed by atoms with Gasteiger partial charge in [-0.15, -0.1) is 0 Å². The lowest BCUT2D eigenvalue weighted by Gasteiger charge is -2.13. The first-order valence-corrected chi connectivity index (χ1v) is 9.80. The summed E-state index contributed by atoms with van der Waals surface area (Å²) in [5.41, 5.74) is 3.56. The molecular weight excluding hydrogens is 400 g/mol. The molecule has 4 aromatic rings. The number of carbonyl (C=O) groups is 1. The van der Waals surface area contributed by atoms with Crippen molar-refractivity contribution in [3.8, 4) is 17.3 Å². The summed E-state index contributed by atoms with van der Waals surface area (Å²) in [6, 6.07) is 16.9. The zero-order valence-electron chi connectivity index (χ0n) is 16.9. The largest absolute Gasteiger partial charge is 0.495 e. The third-order valence-corrected chi connectivity index (χ3v) is 5.00. The minimum absolute atomic E-state index is 0.296. The summed E-state index contributed by atoms with van der Waals surface area (Å²) in [6.45, 7) is 3.84. The number of nitrogens with one attached hydrogen (secondary N) is 1. The highest BCUT2D eigenvalue weighted by atomic mass is 35.5. The highest BCUT2D eigenvalue weighted by molar-refractivity contribution is 6.31. The number of aromatic nitrogens is 3. The Hall–Kier alpha value is -3.51. The first kappa shape index (κ1) is 19.8. The molecular formula is C23H21ClN4O2. The summed E-state index contributed by atoms with van der Waals surface area (Å²) in [5, 5.41) is 8.10. The third kappa shape index (κ3) is 3.69. The van der Waals surface area contributed by atoms with E-state index in [4.69, 9.17) is 16.3 Å². The summed E-state index contributed by atoms with van der Waals surface area (Å²) in [5.74, 6) is 0.885. The van der Waals surface area contributed by atoms with Crippen LogP contribution < -0.4 is 10.1 Å². The number of hydrogen-bond donors (Lipinski definition) is 1. The van der Waals surface area contributed by atoms with E-state index >= 15 is 0 Å². The Morgan fingerprint density at radius 3 is 2.53 bits per heavy atom. The lowest BCUT2D eigenvalue weighted by Crippen LogP contribution is -2.16. The summed E-state index contributed by atoms with van der Waals surface area (Å²) < 4.78 is 9.02. The molecule has 0 radical (unpaired) electrons. The molecule has 152 valence electrons. The first-order valence-electron chi connectivity index (χ1n) is 9.43. The minimum Gasteiger partial charge on any atom is -0.495 e. The monoisotopic (exact) mass is 420 g/mol. The molecule has 2 heterocycles. The molecule has 1 amide bonds.